The Hall–Kier alpha value is -2.93. The first-order chi connectivity index (χ1) is 13.8. The van der Waals surface area contributed by atoms with Crippen molar-refractivity contribution in [2.45, 2.75) is 25.7 Å². The van der Waals surface area contributed by atoms with Crippen LogP contribution < -0.4 is 0 Å². The van der Waals surface area contributed by atoms with Gasteiger partial charge in [-0.05, 0) is 6.92 Å². The van der Waals surface area contributed by atoms with Crippen molar-refractivity contribution in [1.82, 2.24) is 29.4 Å². The first-order valence-electron chi connectivity index (χ1n) is 9.01. The van der Waals surface area contributed by atoms with Gasteiger partial charge < -0.3 is 14.4 Å². The molecule has 0 saturated carbocycles. The standard InChI is InChI=1S/C16H24N6O7/c1-5-18-12-13(22(9-29-4)16(27)21(12)8-28-3)20(15(18)26)7-19-11(24)6-10(23)17(2)14(19)25/h12-13H,5-9H2,1-4H3. The summed E-state index contributed by atoms with van der Waals surface area (Å²) >= 11 is 0. The number of amides is 8. The highest BCUT2D eigenvalue weighted by Gasteiger charge is 2.59. The summed E-state index contributed by atoms with van der Waals surface area (Å²) in [4.78, 5) is 69.5. The Labute approximate surface area is 167 Å². The Morgan fingerprint density at radius 1 is 0.793 bits per heavy atom. The molecule has 0 radical (unpaired) electrons. The Morgan fingerprint density at radius 2 is 1.31 bits per heavy atom. The molecule has 160 valence electrons. The van der Waals surface area contributed by atoms with E-state index in [1.807, 2.05) is 0 Å². The van der Waals surface area contributed by atoms with E-state index in [-0.39, 0.29) is 20.1 Å². The van der Waals surface area contributed by atoms with Crippen molar-refractivity contribution in [3.63, 3.8) is 0 Å². The molecule has 2 atom stereocenters. The number of fused-ring (bicyclic) bond motifs is 1. The summed E-state index contributed by atoms with van der Waals surface area (Å²) in [6, 6.07) is -1.66. The number of hydrogen-bond donors (Lipinski definition) is 0. The molecule has 3 rings (SSSR count). The van der Waals surface area contributed by atoms with Gasteiger partial charge in [0.05, 0.1) is 0 Å². The molecule has 2 unspecified atom stereocenters. The lowest BCUT2D eigenvalue weighted by Crippen LogP contribution is -2.59. The second-order valence-electron chi connectivity index (χ2n) is 6.80. The molecule has 0 aromatic rings. The van der Waals surface area contributed by atoms with Crippen LogP contribution in [-0.2, 0) is 19.1 Å². The van der Waals surface area contributed by atoms with Crippen molar-refractivity contribution in [2.75, 3.05) is 47.9 Å². The molecule has 13 heteroatoms. The Morgan fingerprint density at radius 3 is 1.83 bits per heavy atom. The maximum atomic E-state index is 13.1. The van der Waals surface area contributed by atoms with Crippen LogP contribution in [0.25, 0.3) is 0 Å². The monoisotopic (exact) mass is 412 g/mol. The number of carbonyl (C=O) groups excluding carboxylic acids is 5. The van der Waals surface area contributed by atoms with Crippen LogP contribution in [0.5, 0.6) is 0 Å². The predicted molar refractivity (Wildman–Crippen MR) is 94.5 cm³/mol. The summed E-state index contributed by atoms with van der Waals surface area (Å²) in [5, 5.41) is 0. The summed E-state index contributed by atoms with van der Waals surface area (Å²) in [5.41, 5.74) is 0. The van der Waals surface area contributed by atoms with Crippen molar-refractivity contribution in [1.29, 1.82) is 0 Å². The minimum absolute atomic E-state index is 0.0450. The Balaban J connectivity index is 1.94. The van der Waals surface area contributed by atoms with Gasteiger partial charge in [-0.15, -0.1) is 0 Å². The SMILES string of the molecule is CCN1C(=O)N(CN2C(=O)CC(=O)N(C)C2=O)C2C1N(COC)C(=O)N2COC. The summed E-state index contributed by atoms with van der Waals surface area (Å²) in [5.74, 6) is -1.31. The van der Waals surface area contributed by atoms with E-state index in [0.717, 1.165) is 9.80 Å². The van der Waals surface area contributed by atoms with Crippen molar-refractivity contribution in [3.8, 4) is 0 Å². The molecule has 3 aliphatic rings. The van der Waals surface area contributed by atoms with Crippen molar-refractivity contribution in [3.05, 3.63) is 0 Å². The first-order valence-corrected chi connectivity index (χ1v) is 9.01. The summed E-state index contributed by atoms with van der Waals surface area (Å²) in [7, 11) is 4.12. The third kappa shape index (κ3) is 3.15. The predicted octanol–water partition coefficient (Wildman–Crippen LogP) is -0.890. The van der Waals surface area contributed by atoms with Gasteiger partial charge in [-0.1, -0.05) is 0 Å². The van der Waals surface area contributed by atoms with Gasteiger partial charge in [0.1, 0.15) is 26.6 Å². The topological polar surface area (TPSA) is 123 Å². The van der Waals surface area contributed by atoms with E-state index in [0.29, 0.717) is 6.54 Å². The third-order valence-corrected chi connectivity index (χ3v) is 5.19. The lowest BCUT2D eigenvalue weighted by atomic mass is 10.2. The van der Waals surface area contributed by atoms with Gasteiger partial charge in [-0.25, -0.2) is 19.3 Å². The molecule has 3 fully saturated rings. The lowest BCUT2D eigenvalue weighted by Gasteiger charge is -2.35. The highest BCUT2D eigenvalue weighted by molar-refractivity contribution is 6.13. The minimum Gasteiger partial charge on any atom is -0.364 e. The summed E-state index contributed by atoms with van der Waals surface area (Å²) in [6.07, 6.45) is -1.94. The zero-order valence-electron chi connectivity index (χ0n) is 16.7. The Bertz CT molecular complexity index is 745. The van der Waals surface area contributed by atoms with Crippen LogP contribution in [0.1, 0.15) is 13.3 Å². The van der Waals surface area contributed by atoms with Crippen molar-refractivity contribution < 1.29 is 33.4 Å². The molecule has 3 saturated heterocycles. The average molecular weight is 412 g/mol. The fourth-order valence-corrected chi connectivity index (χ4v) is 3.80. The maximum absolute atomic E-state index is 13.1. The number of likely N-dealkylation sites (N-methyl/N-ethyl adjacent to an activating group) is 1. The fraction of sp³-hybridized carbons (Fsp3) is 0.688. The molecule has 3 aliphatic heterocycles. The van der Waals surface area contributed by atoms with Crippen LogP contribution in [0, 0.1) is 0 Å². The maximum Gasteiger partial charge on any atom is 0.334 e. The molecule has 13 nitrogen and oxygen atoms in total. The third-order valence-electron chi connectivity index (χ3n) is 5.19. The van der Waals surface area contributed by atoms with Gasteiger partial charge in [0.25, 0.3) is 0 Å². The zero-order valence-corrected chi connectivity index (χ0v) is 16.7. The van der Waals surface area contributed by atoms with E-state index in [4.69, 9.17) is 9.47 Å². The molecular weight excluding hydrogens is 388 g/mol. The fourth-order valence-electron chi connectivity index (χ4n) is 3.80. The van der Waals surface area contributed by atoms with E-state index in [9.17, 15) is 24.0 Å². The van der Waals surface area contributed by atoms with Gasteiger partial charge >= 0.3 is 18.1 Å². The molecule has 0 spiro atoms. The van der Waals surface area contributed by atoms with Crippen LogP contribution in [0.4, 0.5) is 14.4 Å². The summed E-state index contributed by atoms with van der Waals surface area (Å²) in [6.45, 7) is 1.53. The average Bonchev–Trinajstić information content (AvgIpc) is 3.10. The van der Waals surface area contributed by atoms with Crippen LogP contribution >= 0.6 is 0 Å². The van der Waals surface area contributed by atoms with E-state index in [1.54, 1.807) is 6.92 Å². The molecule has 3 heterocycles. The van der Waals surface area contributed by atoms with Gasteiger partial charge in [-0.3, -0.25) is 29.2 Å². The van der Waals surface area contributed by atoms with Crippen molar-refractivity contribution >= 4 is 29.9 Å². The second kappa shape index (κ2) is 7.83. The molecule has 0 aromatic carbocycles. The normalized spacial score (nSPS) is 25.2. The molecule has 0 N–H and O–H groups in total. The number of carbonyl (C=O) groups is 5. The van der Waals surface area contributed by atoms with E-state index in [1.165, 1.54) is 40.9 Å². The van der Waals surface area contributed by atoms with Gasteiger partial charge in [0.15, 0.2) is 12.3 Å². The van der Waals surface area contributed by atoms with Crippen LogP contribution in [0.2, 0.25) is 0 Å². The van der Waals surface area contributed by atoms with Gasteiger partial charge in [-0.2, -0.15) is 0 Å². The zero-order chi connectivity index (χ0) is 21.5. The van der Waals surface area contributed by atoms with E-state index in [2.05, 4.69) is 0 Å². The van der Waals surface area contributed by atoms with E-state index < -0.39 is 48.7 Å². The smallest absolute Gasteiger partial charge is 0.334 e. The highest BCUT2D eigenvalue weighted by Crippen LogP contribution is 2.35. The lowest BCUT2D eigenvalue weighted by molar-refractivity contribution is -0.143. The molecule has 0 bridgehead atoms. The number of hydrogen-bond acceptors (Lipinski definition) is 7. The molecule has 0 aliphatic carbocycles. The number of nitrogens with zero attached hydrogens (tertiary/aromatic N) is 6. The minimum atomic E-state index is -0.818. The number of barbiturate groups is 1. The highest BCUT2D eigenvalue weighted by atomic mass is 16.5. The Kier molecular flexibility index (Phi) is 5.61. The molecular formula is C16H24N6O7. The second-order valence-corrected chi connectivity index (χ2v) is 6.80. The largest absolute Gasteiger partial charge is 0.364 e. The number of urea groups is 3. The van der Waals surface area contributed by atoms with Gasteiger partial charge in [0, 0.05) is 27.8 Å². The molecule has 8 amide bonds. The van der Waals surface area contributed by atoms with Crippen LogP contribution in [0.15, 0.2) is 0 Å². The van der Waals surface area contributed by atoms with Gasteiger partial charge in [0.2, 0.25) is 11.8 Å². The molecule has 29 heavy (non-hydrogen) atoms. The van der Waals surface area contributed by atoms with Crippen LogP contribution in [-0.4, -0.2) is 120 Å². The number of methoxy groups -OCH3 is 2. The number of rotatable bonds is 7. The summed E-state index contributed by atoms with van der Waals surface area (Å²) < 4.78 is 10.2. The molecule has 0 aromatic heterocycles. The number of ether oxygens (including phenoxy) is 2. The van der Waals surface area contributed by atoms with Crippen molar-refractivity contribution in [2.24, 2.45) is 0 Å². The quantitative estimate of drug-likeness (QED) is 0.497. The first kappa shape index (κ1) is 20.8. The number of imide groups is 2. The van der Waals surface area contributed by atoms with Crippen LogP contribution in [0.3, 0.4) is 0 Å². The van der Waals surface area contributed by atoms with E-state index >= 15 is 0 Å².